The first-order valence-corrected chi connectivity index (χ1v) is 7.07. The maximum atomic E-state index is 11.1. The van der Waals surface area contributed by atoms with Crippen molar-refractivity contribution in [2.45, 2.75) is 39.9 Å². The van der Waals surface area contributed by atoms with Gasteiger partial charge >= 0.3 is 0 Å². The number of amides is 1. The Labute approximate surface area is 124 Å². The number of anilines is 1. The zero-order valence-corrected chi connectivity index (χ0v) is 12.6. The van der Waals surface area contributed by atoms with Crippen LogP contribution in [0.3, 0.4) is 0 Å². The number of hydrogen-bond donors (Lipinski definition) is 2. The summed E-state index contributed by atoms with van der Waals surface area (Å²) >= 11 is 0. The molecule has 1 amide bonds. The minimum Gasteiger partial charge on any atom is -0.326 e. The zero-order valence-electron chi connectivity index (χ0n) is 12.6. The highest BCUT2D eigenvalue weighted by atomic mass is 16.1. The Bertz CT molecular complexity index is 608. The van der Waals surface area contributed by atoms with Crippen LogP contribution in [0, 0.1) is 0 Å². The van der Waals surface area contributed by atoms with Crippen LogP contribution in [0.25, 0.3) is 0 Å². The number of aryl methyl sites for hydroxylation is 1. The largest absolute Gasteiger partial charge is 0.326 e. The van der Waals surface area contributed by atoms with Crippen molar-refractivity contribution < 1.29 is 4.79 Å². The molecule has 21 heavy (non-hydrogen) atoms. The summed E-state index contributed by atoms with van der Waals surface area (Å²) in [5.41, 5.74) is 1.93. The Hall–Kier alpha value is -2.21. The zero-order chi connectivity index (χ0) is 15.2. The molecule has 0 saturated heterocycles. The minimum absolute atomic E-state index is 0.0659. The Balaban J connectivity index is 2.00. The molecule has 2 rings (SSSR count). The third-order valence-electron chi connectivity index (χ3n) is 3.31. The molecule has 0 aliphatic carbocycles. The number of hydrogen-bond acceptors (Lipinski definition) is 4. The first-order valence-electron chi connectivity index (χ1n) is 7.07. The number of carbonyl (C=O) groups excluding carboxylic acids is 1. The van der Waals surface area contributed by atoms with Crippen molar-refractivity contribution in [3.05, 3.63) is 42.0 Å². The molecule has 1 heterocycles. The van der Waals surface area contributed by atoms with Gasteiger partial charge in [0.15, 0.2) is 0 Å². The van der Waals surface area contributed by atoms with Gasteiger partial charge in [-0.25, -0.2) is 0 Å². The van der Waals surface area contributed by atoms with Crippen LogP contribution in [-0.2, 0) is 17.9 Å². The number of nitrogens with one attached hydrogen (secondary N) is 2. The Morgan fingerprint density at radius 1 is 1.43 bits per heavy atom. The normalized spacial score (nSPS) is 12.1. The van der Waals surface area contributed by atoms with E-state index in [1.807, 2.05) is 28.8 Å². The summed E-state index contributed by atoms with van der Waals surface area (Å²) in [6.45, 7) is 7.16. The average Bonchev–Trinajstić information content (AvgIpc) is 2.91. The van der Waals surface area contributed by atoms with Gasteiger partial charge in [0.25, 0.3) is 0 Å². The van der Waals surface area contributed by atoms with E-state index in [4.69, 9.17) is 0 Å². The predicted octanol–water partition coefficient (Wildman–Crippen LogP) is 2.11. The lowest BCUT2D eigenvalue weighted by Gasteiger charge is -2.15. The van der Waals surface area contributed by atoms with E-state index in [9.17, 15) is 4.79 Å². The minimum atomic E-state index is -0.0659. The highest BCUT2D eigenvalue weighted by Crippen LogP contribution is 2.17. The van der Waals surface area contributed by atoms with Crippen molar-refractivity contribution in [3.8, 4) is 0 Å². The number of aromatic nitrogens is 3. The second-order valence-electron chi connectivity index (χ2n) is 4.94. The van der Waals surface area contributed by atoms with Gasteiger partial charge in [0.2, 0.25) is 5.91 Å². The number of nitrogens with zero attached hydrogens (tertiary/aromatic N) is 3. The van der Waals surface area contributed by atoms with E-state index in [0.717, 1.165) is 23.6 Å². The summed E-state index contributed by atoms with van der Waals surface area (Å²) in [7, 11) is 0. The summed E-state index contributed by atoms with van der Waals surface area (Å²) in [5, 5.41) is 14.2. The molecule has 0 radical (unpaired) electrons. The molecule has 2 aromatic rings. The van der Waals surface area contributed by atoms with E-state index < -0.39 is 0 Å². The highest BCUT2D eigenvalue weighted by molar-refractivity contribution is 5.88. The second kappa shape index (κ2) is 6.99. The number of rotatable bonds is 6. The Morgan fingerprint density at radius 2 is 2.24 bits per heavy atom. The van der Waals surface area contributed by atoms with Gasteiger partial charge in [0, 0.05) is 25.2 Å². The van der Waals surface area contributed by atoms with Crippen molar-refractivity contribution in [1.82, 2.24) is 20.1 Å². The van der Waals surface area contributed by atoms with Gasteiger partial charge in [-0.2, -0.15) is 0 Å². The molecule has 1 aromatic carbocycles. The molecule has 0 spiro atoms. The van der Waals surface area contributed by atoms with Crippen LogP contribution >= 0.6 is 0 Å². The molecule has 0 bridgehead atoms. The van der Waals surface area contributed by atoms with Gasteiger partial charge in [-0.3, -0.25) is 4.79 Å². The number of carbonyl (C=O) groups is 1. The maximum Gasteiger partial charge on any atom is 0.221 e. The summed E-state index contributed by atoms with van der Waals surface area (Å²) < 4.78 is 2.01. The molecule has 6 heteroatoms. The van der Waals surface area contributed by atoms with Crippen molar-refractivity contribution in [2.75, 3.05) is 5.32 Å². The fourth-order valence-electron chi connectivity index (χ4n) is 2.13. The topological polar surface area (TPSA) is 71.8 Å². The van der Waals surface area contributed by atoms with E-state index in [1.54, 1.807) is 6.33 Å². The summed E-state index contributed by atoms with van der Waals surface area (Å²) in [6.07, 6.45) is 1.74. The fourth-order valence-corrected chi connectivity index (χ4v) is 2.13. The van der Waals surface area contributed by atoms with Crippen molar-refractivity contribution >= 4 is 11.6 Å². The fraction of sp³-hybridized carbons (Fsp3) is 0.400. The lowest BCUT2D eigenvalue weighted by molar-refractivity contribution is -0.114. The van der Waals surface area contributed by atoms with Crippen LogP contribution in [0.2, 0.25) is 0 Å². The molecule has 0 aliphatic rings. The van der Waals surface area contributed by atoms with Gasteiger partial charge in [-0.15, -0.1) is 10.2 Å². The van der Waals surface area contributed by atoms with Gasteiger partial charge in [-0.1, -0.05) is 12.1 Å². The van der Waals surface area contributed by atoms with E-state index in [-0.39, 0.29) is 11.9 Å². The molecule has 0 saturated carbocycles. The van der Waals surface area contributed by atoms with Crippen molar-refractivity contribution in [1.29, 1.82) is 0 Å². The van der Waals surface area contributed by atoms with Gasteiger partial charge in [0.05, 0.1) is 6.54 Å². The van der Waals surface area contributed by atoms with Gasteiger partial charge < -0.3 is 15.2 Å². The molecule has 112 valence electrons. The van der Waals surface area contributed by atoms with Crippen LogP contribution in [0.5, 0.6) is 0 Å². The molecule has 2 N–H and O–H groups in total. The van der Waals surface area contributed by atoms with E-state index in [2.05, 4.69) is 34.7 Å². The third-order valence-corrected chi connectivity index (χ3v) is 3.31. The molecule has 6 nitrogen and oxygen atoms in total. The van der Waals surface area contributed by atoms with Crippen LogP contribution in [0.4, 0.5) is 5.69 Å². The van der Waals surface area contributed by atoms with Crippen LogP contribution in [0.1, 0.15) is 38.2 Å². The molecular weight excluding hydrogens is 266 g/mol. The van der Waals surface area contributed by atoms with Crippen LogP contribution < -0.4 is 10.6 Å². The number of benzene rings is 1. The molecule has 1 aromatic heterocycles. The molecule has 1 atom stereocenters. The highest BCUT2D eigenvalue weighted by Gasteiger charge is 2.08. The average molecular weight is 287 g/mol. The standard InChI is InChI=1S/C15H21N5O/c1-4-20-10-17-19-15(20)9-16-11(2)13-6-5-7-14(8-13)18-12(3)21/h5-8,10-11,16H,4,9H2,1-3H3,(H,18,21). The first-order chi connectivity index (χ1) is 10.1. The smallest absolute Gasteiger partial charge is 0.221 e. The van der Waals surface area contributed by atoms with E-state index in [1.165, 1.54) is 6.92 Å². The Morgan fingerprint density at radius 3 is 2.95 bits per heavy atom. The van der Waals surface area contributed by atoms with Crippen LogP contribution in [-0.4, -0.2) is 20.7 Å². The van der Waals surface area contributed by atoms with Gasteiger partial charge in [-0.05, 0) is 31.5 Å². The summed E-state index contributed by atoms with van der Waals surface area (Å²) in [5.74, 6) is 0.853. The summed E-state index contributed by atoms with van der Waals surface area (Å²) in [6, 6.07) is 7.98. The van der Waals surface area contributed by atoms with E-state index in [0.29, 0.717) is 6.54 Å². The van der Waals surface area contributed by atoms with Crippen LogP contribution in [0.15, 0.2) is 30.6 Å². The lowest BCUT2D eigenvalue weighted by Crippen LogP contribution is -2.20. The van der Waals surface area contributed by atoms with Crippen molar-refractivity contribution in [2.24, 2.45) is 0 Å². The summed E-state index contributed by atoms with van der Waals surface area (Å²) in [4.78, 5) is 11.1. The lowest BCUT2D eigenvalue weighted by atomic mass is 10.1. The predicted molar refractivity (Wildman–Crippen MR) is 81.7 cm³/mol. The maximum absolute atomic E-state index is 11.1. The first kappa shape index (κ1) is 15.2. The third kappa shape index (κ3) is 4.13. The molecule has 0 fully saturated rings. The molecule has 1 unspecified atom stereocenters. The quantitative estimate of drug-likeness (QED) is 0.853. The SMILES string of the molecule is CCn1cnnc1CNC(C)c1cccc(NC(C)=O)c1. The van der Waals surface area contributed by atoms with Crippen molar-refractivity contribution in [3.63, 3.8) is 0 Å². The monoisotopic (exact) mass is 287 g/mol. The van der Waals surface area contributed by atoms with E-state index >= 15 is 0 Å². The second-order valence-corrected chi connectivity index (χ2v) is 4.94. The Kier molecular flexibility index (Phi) is 5.05. The van der Waals surface area contributed by atoms with Gasteiger partial charge in [0.1, 0.15) is 12.2 Å². The molecular formula is C15H21N5O. The molecule has 0 aliphatic heterocycles.